The number of ether oxygens (including phenoxy) is 1. The molecular weight excluding hydrogens is 270 g/mol. The summed E-state index contributed by atoms with van der Waals surface area (Å²) in [7, 11) is 0. The second-order valence-corrected chi connectivity index (χ2v) is 5.42. The van der Waals surface area contributed by atoms with E-state index in [9.17, 15) is 5.11 Å². The monoisotopic (exact) mass is 283 g/mol. The van der Waals surface area contributed by atoms with E-state index in [1.54, 1.807) is 0 Å². The number of aliphatic hydroxyl groups is 1. The minimum absolute atomic E-state index is 0.145. The highest BCUT2D eigenvalue weighted by Gasteiger charge is 2.47. The predicted octanol–water partition coefficient (Wildman–Crippen LogP) is 2.24. The topological polar surface area (TPSA) is 41.5 Å². The molecule has 1 atom stereocenters. The summed E-state index contributed by atoms with van der Waals surface area (Å²) < 4.78 is 6.43. The van der Waals surface area contributed by atoms with Gasteiger partial charge in [0, 0.05) is 28.8 Å². The van der Waals surface area contributed by atoms with E-state index in [0.29, 0.717) is 0 Å². The Morgan fingerprint density at radius 2 is 2.12 bits per heavy atom. The van der Waals surface area contributed by atoms with Crippen molar-refractivity contribution in [1.29, 1.82) is 0 Å². The molecule has 1 aromatic carbocycles. The van der Waals surface area contributed by atoms with Crippen molar-refractivity contribution in [2.45, 2.75) is 24.5 Å². The van der Waals surface area contributed by atoms with Gasteiger partial charge in [-0.05, 0) is 30.5 Å². The second-order valence-electron chi connectivity index (χ2n) is 4.51. The fraction of sp³-hybridized carbons (Fsp3) is 0.500. The zero-order valence-electron chi connectivity index (χ0n) is 8.87. The lowest BCUT2D eigenvalue weighted by atomic mass is 9.74. The number of fused-ring (bicyclic) bond motifs is 2. The van der Waals surface area contributed by atoms with Crippen LogP contribution in [0.25, 0.3) is 0 Å². The van der Waals surface area contributed by atoms with E-state index in [-0.39, 0.29) is 5.41 Å². The molecule has 1 unspecified atom stereocenters. The van der Waals surface area contributed by atoms with Crippen molar-refractivity contribution in [3.63, 3.8) is 0 Å². The molecule has 1 spiro atoms. The molecular formula is C12H14BrNO2. The maximum atomic E-state index is 10.2. The fourth-order valence-corrected chi connectivity index (χ4v) is 3.14. The van der Waals surface area contributed by atoms with Gasteiger partial charge in [0.25, 0.3) is 0 Å². The van der Waals surface area contributed by atoms with Gasteiger partial charge in [-0.2, -0.15) is 0 Å². The number of halogens is 1. The summed E-state index contributed by atoms with van der Waals surface area (Å²) in [6.45, 7) is 1.46. The third-order valence-corrected chi connectivity index (χ3v) is 4.21. The third kappa shape index (κ3) is 1.40. The van der Waals surface area contributed by atoms with Crippen LogP contribution >= 0.6 is 15.9 Å². The predicted molar refractivity (Wildman–Crippen MR) is 65.5 cm³/mol. The smallest absolute Gasteiger partial charge is 0.134 e. The van der Waals surface area contributed by atoms with Crippen molar-refractivity contribution in [3.8, 4) is 0 Å². The SMILES string of the molecule is OC1Nc2cc(Br)ccc2C12CCOCC2. The Balaban J connectivity index is 2.07. The van der Waals surface area contributed by atoms with E-state index in [4.69, 9.17) is 4.74 Å². The molecule has 1 fully saturated rings. The number of anilines is 1. The van der Waals surface area contributed by atoms with E-state index in [1.165, 1.54) is 5.56 Å². The number of aliphatic hydroxyl groups excluding tert-OH is 1. The third-order valence-electron chi connectivity index (χ3n) is 3.72. The van der Waals surface area contributed by atoms with Crippen molar-refractivity contribution in [1.82, 2.24) is 0 Å². The molecule has 0 bridgehead atoms. The van der Waals surface area contributed by atoms with Crippen molar-refractivity contribution in [3.05, 3.63) is 28.2 Å². The summed E-state index contributed by atoms with van der Waals surface area (Å²) in [6, 6.07) is 6.17. The van der Waals surface area contributed by atoms with Gasteiger partial charge in [0.15, 0.2) is 0 Å². The van der Waals surface area contributed by atoms with Gasteiger partial charge in [0.2, 0.25) is 0 Å². The van der Waals surface area contributed by atoms with Crippen molar-refractivity contribution in [2.24, 2.45) is 0 Å². The Labute approximate surface area is 103 Å². The first-order valence-corrected chi connectivity index (χ1v) is 6.34. The van der Waals surface area contributed by atoms with Gasteiger partial charge in [0.1, 0.15) is 6.23 Å². The van der Waals surface area contributed by atoms with Crippen LogP contribution in [0.1, 0.15) is 18.4 Å². The van der Waals surface area contributed by atoms with Crippen molar-refractivity contribution >= 4 is 21.6 Å². The van der Waals surface area contributed by atoms with E-state index < -0.39 is 6.23 Å². The summed E-state index contributed by atoms with van der Waals surface area (Å²) in [5.41, 5.74) is 2.13. The van der Waals surface area contributed by atoms with Crippen LogP contribution in [-0.4, -0.2) is 24.5 Å². The average molecular weight is 284 g/mol. The molecule has 2 aliphatic heterocycles. The highest BCUT2D eigenvalue weighted by Crippen LogP contribution is 2.47. The maximum Gasteiger partial charge on any atom is 0.134 e. The number of hydrogen-bond donors (Lipinski definition) is 2. The zero-order valence-corrected chi connectivity index (χ0v) is 10.5. The largest absolute Gasteiger partial charge is 0.381 e. The standard InChI is InChI=1S/C12H14BrNO2/c13-8-1-2-9-10(7-8)14-11(15)12(9)3-5-16-6-4-12/h1-2,7,11,14-15H,3-6H2. The van der Waals surface area contributed by atoms with Crippen LogP contribution in [0.15, 0.2) is 22.7 Å². The summed E-state index contributed by atoms with van der Waals surface area (Å²) in [4.78, 5) is 0. The molecule has 0 amide bonds. The Morgan fingerprint density at radius 1 is 1.38 bits per heavy atom. The van der Waals surface area contributed by atoms with Gasteiger partial charge < -0.3 is 15.2 Å². The number of nitrogens with one attached hydrogen (secondary N) is 1. The van der Waals surface area contributed by atoms with Gasteiger partial charge in [-0.3, -0.25) is 0 Å². The molecule has 1 aromatic rings. The molecule has 86 valence electrons. The Hall–Kier alpha value is -0.580. The summed E-state index contributed by atoms with van der Waals surface area (Å²) in [5.74, 6) is 0. The summed E-state index contributed by atoms with van der Waals surface area (Å²) in [6.07, 6.45) is 1.28. The normalized spacial score (nSPS) is 26.5. The van der Waals surface area contributed by atoms with E-state index in [2.05, 4.69) is 27.3 Å². The lowest BCUT2D eigenvalue weighted by Gasteiger charge is -2.36. The average Bonchev–Trinajstić information content (AvgIpc) is 2.53. The summed E-state index contributed by atoms with van der Waals surface area (Å²) >= 11 is 3.45. The van der Waals surface area contributed by atoms with Gasteiger partial charge >= 0.3 is 0 Å². The maximum absolute atomic E-state index is 10.2. The highest BCUT2D eigenvalue weighted by atomic mass is 79.9. The van der Waals surface area contributed by atoms with Crippen molar-refractivity contribution < 1.29 is 9.84 Å². The Morgan fingerprint density at radius 3 is 2.88 bits per heavy atom. The van der Waals surface area contributed by atoms with Crippen LogP contribution < -0.4 is 5.32 Å². The molecule has 0 saturated carbocycles. The van der Waals surface area contributed by atoms with Crippen molar-refractivity contribution in [2.75, 3.05) is 18.5 Å². The first-order valence-electron chi connectivity index (χ1n) is 5.55. The van der Waals surface area contributed by atoms with Gasteiger partial charge in [-0.15, -0.1) is 0 Å². The first kappa shape index (κ1) is 10.6. The highest BCUT2D eigenvalue weighted by molar-refractivity contribution is 9.10. The number of rotatable bonds is 0. The molecule has 3 nitrogen and oxygen atoms in total. The lowest BCUT2D eigenvalue weighted by Crippen LogP contribution is -2.43. The number of hydrogen-bond acceptors (Lipinski definition) is 3. The second kappa shape index (κ2) is 3.72. The van der Waals surface area contributed by atoms with Gasteiger partial charge in [0.05, 0.1) is 0 Å². The van der Waals surface area contributed by atoms with Crippen LogP contribution in [0.2, 0.25) is 0 Å². The lowest BCUT2D eigenvalue weighted by molar-refractivity contribution is 0.00133. The van der Waals surface area contributed by atoms with Gasteiger partial charge in [-0.1, -0.05) is 22.0 Å². The first-order chi connectivity index (χ1) is 7.72. The van der Waals surface area contributed by atoms with Crippen LogP contribution in [0.5, 0.6) is 0 Å². The van der Waals surface area contributed by atoms with E-state index in [0.717, 1.165) is 36.2 Å². The zero-order chi connectivity index (χ0) is 11.2. The van der Waals surface area contributed by atoms with Crippen LogP contribution in [0.4, 0.5) is 5.69 Å². The van der Waals surface area contributed by atoms with E-state index >= 15 is 0 Å². The minimum atomic E-state index is -0.485. The molecule has 4 heteroatoms. The summed E-state index contributed by atoms with van der Waals surface area (Å²) in [5, 5.41) is 13.4. The molecule has 2 N–H and O–H groups in total. The fourth-order valence-electron chi connectivity index (χ4n) is 2.78. The molecule has 3 rings (SSSR count). The Bertz CT molecular complexity index is 415. The van der Waals surface area contributed by atoms with Crippen LogP contribution in [0, 0.1) is 0 Å². The molecule has 0 radical (unpaired) electrons. The van der Waals surface area contributed by atoms with Crippen LogP contribution in [0.3, 0.4) is 0 Å². The molecule has 0 aliphatic carbocycles. The van der Waals surface area contributed by atoms with Crippen LogP contribution in [-0.2, 0) is 10.2 Å². The molecule has 16 heavy (non-hydrogen) atoms. The minimum Gasteiger partial charge on any atom is -0.381 e. The molecule has 1 saturated heterocycles. The quantitative estimate of drug-likeness (QED) is 0.767. The van der Waals surface area contributed by atoms with E-state index in [1.807, 2.05) is 12.1 Å². The Kier molecular flexibility index (Phi) is 2.46. The number of benzene rings is 1. The van der Waals surface area contributed by atoms with Gasteiger partial charge in [-0.25, -0.2) is 0 Å². The molecule has 2 aliphatic rings. The molecule has 0 aromatic heterocycles. The molecule has 2 heterocycles.